The summed E-state index contributed by atoms with van der Waals surface area (Å²) in [5, 5.41) is 0. The molecule has 0 bridgehead atoms. The van der Waals surface area contributed by atoms with Crippen molar-refractivity contribution in [1.29, 1.82) is 0 Å². The first kappa shape index (κ1) is 15.9. The van der Waals surface area contributed by atoms with Crippen molar-refractivity contribution < 1.29 is 18.7 Å². The molecule has 0 spiro atoms. The molecule has 0 amide bonds. The van der Waals surface area contributed by atoms with E-state index in [9.17, 15) is 9.18 Å². The molecule has 0 aromatic heterocycles. The SMILES string of the molecule is CCOC1CCCN(Cc2ccc(C(=O)OC)c(F)c2)C1. The Bertz CT molecular complexity index is 490. The van der Waals surface area contributed by atoms with E-state index in [1.807, 2.05) is 6.92 Å². The molecule has 1 aliphatic heterocycles. The van der Waals surface area contributed by atoms with Crippen molar-refractivity contribution in [3.63, 3.8) is 0 Å². The van der Waals surface area contributed by atoms with Crippen LogP contribution in [0.3, 0.4) is 0 Å². The highest BCUT2D eigenvalue weighted by atomic mass is 19.1. The highest BCUT2D eigenvalue weighted by molar-refractivity contribution is 5.89. The summed E-state index contributed by atoms with van der Waals surface area (Å²) in [6.45, 7) is 5.25. The number of nitrogens with zero attached hydrogens (tertiary/aromatic N) is 1. The van der Waals surface area contributed by atoms with Gasteiger partial charge in [0.1, 0.15) is 5.82 Å². The van der Waals surface area contributed by atoms with Gasteiger partial charge in [-0.1, -0.05) is 6.07 Å². The average molecular weight is 295 g/mol. The quantitative estimate of drug-likeness (QED) is 0.783. The van der Waals surface area contributed by atoms with E-state index >= 15 is 0 Å². The van der Waals surface area contributed by atoms with E-state index in [4.69, 9.17) is 4.74 Å². The average Bonchev–Trinajstić information content (AvgIpc) is 2.47. The second kappa shape index (κ2) is 7.52. The fraction of sp³-hybridized carbons (Fsp3) is 0.562. The number of hydrogen-bond acceptors (Lipinski definition) is 4. The van der Waals surface area contributed by atoms with Crippen molar-refractivity contribution in [3.05, 3.63) is 35.1 Å². The van der Waals surface area contributed by atoms with Crippen LogP contribution in [-0.2, 0) is 16.0 Å². The Morgan fingerprint density at radius 1 is 1.48 bits per heavy atom. The van der Waals surface area contributed by atoms with Crippen molar-refractivity contribution in [2.45, 2.75) is 32.4 Å². The maximum Gasteiger partial charge on any atom is 0.340 e. The molecule has 5 heteroatoms. The summed E-state index contributed by atoms with van der Waals surface area (Å²) in [5.74, 6) is -1.17. The molecule has 0 aliphatic carbocycles. The first-order valence-electron chi connectivity index (χ1n) is 7.34. The molecule has 1 fully saturated rings. The van der Waals surface area contributed by atoms with Crippen LogP contribution < -0.4 is 0 Å². The zero-order valence-electron chi connectivity index (χ0n) is 12.6. The van der Waals surface area contributed by atoms with Gasteiger partial charge in [-0.15, -0.1) is 0 Å². The monoisotopic (exact) mass is 295 g/mol. The normalized spacial score (nSPS) is 19.5. The summed E-state index contributed by atoms with van der Waals surface area (Å²) in [5.41, 5.74) is 0.837. The number of methoxy groups -OCH3 is 1. The van der Waals surface area contributed by atoms with Gasteiger partial charge in [0.2, 0.25) is 0 Å². The smallest absolute Gasteiger partial charge is 0.340 e. The zero-order valence-corrected chi connectivity index (χ0v) is 12.6. The second-order valence-corrected chi connectivity index (χ2v) is 5.26. The van der Waals surface area contributed by atoms with Gasteiger partial charge >= 0.3 is 5.97 Å². The molecular weight excluding hydrogens is 273 g/mol. The van der Waals surface area contributed by atoms with E-state index in [2.05, 4.69) is 9.64 Å². The van der Waals surface area contributed by atoms with Crippen LogP contribution in [0.1, 0.15) is 35.7 Å². The van der Waals surface area contributed by atoms with E-state index in [0.717, 1.165) is 38.1 Å². The zero-order chi connectivity index (χ0) is 15.2. The maximum absolute atomic E-state index is 13.9. The molecule has 1 heterocycles. The third-order valence-corrected chi connectivity index (χ3v) is 3.71. The standard InChI is InChI=1S/C16H22FNO3/c1-3-21-13-5-4-8-18(11-13)10-12-6-7-14(15(17)9-12)16(19)20-2/h6-7,9,13H,3-5,8,10-11H2,1-2H3. The molecule has 1 aliphatic rings. The van der Waals surface area contributed by atoms with Crippen molar-refractivity contribution in [3.8, 4) is 0 Å². The van der Waals surface area contributed by atoms with Crippen molar-refractivity contribution >= 4 is 5.97 Å². The lowest BCUT2D eigenvalue weighted by Crippen LogP contribution is -2.39. The fourth-order valence-corrected chi connectivity index (χ4v) is 2.72. The summed E-state index contributed by atoms with van der Waals surface area (Å²) in [4.78, 5) is 13.6. The van der Waals surface area contributed by atoms with Crippen LogP contribution in [0.15, 0.2) is 18.2 Å². The number of rotatable bonds is 5. The predicted molar refractivity (Wildman–Crippen MR) is 77.7 cm³/mol. The van der Waals surface area contributed by atoms with Crippen molar-refractivity contribution in [1.82, 2.24) is 4.90 Å². The molecular formula is C16H22FNO3. The van der Waals surface area contributed by atoms with Crippen molar-refractivity contribution in [2.24, 2.45) is 0 Å². The van der Waals surface area contributed by atoms with Gasteiger partial charge in [0.15, 0.2) is 0 Å². The van der Waals surface area contributed by atoms with Gasteiger partial charge in [-0.3, -0.25) is 4.90 Å². The predicted octanol–water partition coefficient (Wildman–Crippen LogP) is 2.61. The van der Waals surface area contributed by atoms with Crippen LogP contribution in [-0.4, -0.2) is 43.8 Å². The van der Waals surface area contributed by atoms with Gasteiger partial charge in [-0.05, 0) is 44.0 Å². The Morgan fingerprint density at radius 2 is 2.29 bits per heavy atom. The highest BCUT2D eigenvalue weighted by Crippen LogP contribution is 2.18. The number of carbonyl (C=O) groups is 1. The van der Waals surface area contributed by atoms with Crippen molar-refractivity contribution in [2.75, 3.05) is 26.8 Å². The molecule has 1 saturated heterocycles. The number of piperidine rings is 1. The molecule has 0 N–H and O–H groups in total. The van der Waals surface area contributed by atoms with Crippen LogP contribution in [0.25, 0.3) is 0 Å². The molecule has 2 rings (SSSR count). The third kappa shape index (κ3) is 4.25. The van der Waals surface area contributed by atoms with Crippen LogP contribution >= 0.6 is 0 Å². The molecule has 1 atom stereocenters. The van der Waals surface area contributed by atoms with E-state index in [0.29, 0.717) is 6.54 Å². The van der Waals surface area contributed by atoms with Crippen LogP contribution in [0.4, 0.5) is 4.39 Å². The lowest BCUT2D eigenvalue weighted by Gasteiger charge is -2.32. The minimum atomic E-state index is -0.645. The summed E-state index contributed by atoms with van der Waals surface area (Å²) in [6.07, 6.45) is 2.44. The van der Waals surface area contributed by atoms with Gasteiger partial charge < -0.3 is 9.47 Å². The molecule has 4 nitrogen and oxygen atoms in total. The third-order valence-electron chi connectivity index (χ3n) is 3.71. The fourth-order valence-electron chi connectivity index (χ4n) is 2.72. The number of ether oxygens (including phenoxy) is 2. The first-order chi connectivity index (χ1) is 10.1. The largest absolute Gasteiger partial charge is 0.465 e. The minimum absolute atomic E-state index is 0.0212. The lowest BCUT2D eigenvalue weighted by molar-refractivity contribution is 0.00361. The lowest BCUT2D eigenvalue weighted by atomic mass is 10.1. The molecule has 0 saturated carbocycles. The molecule has 1 unspecified atom stereocenters. The number of hydrogen-bond donors (Lipinski definition) is 0. The van der Waals surface area contributed by atoms with Gasteiger partial charge in [-0.25, -0.2) is 9.18 Å². The van der Waals surface area contributed by atoms with Crippen LogP contribution in [0.2, 0.25) is 0 Å². The molecule has 116 valence electrons. The van der Waals surface area contributed by atoms with E-state index in [-0.39, 0.29) is 11.7 Å². The first-order valence-corrected chi connectivity index (χ1v) is 7.34. The Labute approximate surface area is 124 Å². The molecule has 0 radical (unpaired) electrons. The van der Waals surface area contributed by atoms with Gasteiger partial charge in [0.25, 0.3) is 0 Å². The van der Waals surface area contributed by atoms with E-state index in [1.165, 1.54) is 19.2 Å². The molecule has 21 heavy (non-hydrogen) atoms. The Kier molecular flexibility index (Phi) is 5.70. The van der Waals surface area contributed by atoms with E-state index < -0.39 is 11.8 Å². The molecule has 1 aromatic carbocycles. The number of halogens is 1. The van der Waals surface area contributed by atoms with E-state index in [1.54, 1.807) is 6.07 Å². The Hall–Kier alpha value is -1.46. The number of esters is 1. The number of carbonyl (C=O) groups excluding carboxylic acids is 1. The maximum atomic E-state index is 13.9. The second-order valence-electron chi connectivity index (χ2n) is 5.26. The molecule has 1 aromatic rings. The van der Waals surface area contributed by atoms with Gasteiger partial charge in [0.05, 0.1) is 18.8 Å². The van der Waals surface area contributed by atoms with Gasteiger partial charge in [-0.2, -0.15) is 0 Å². The summed E-state index contributed by atoms with van der Waals surface area (Å²) in [6, 6.07) is 4.68. The summed E-state index contributed by atoms with van der Waals surface area (Å²) in [7, 11) is 1.25. The summed E-state index contributed by atoms with van der Waals surface area (Å²) >= 11 is 0. The van der Waals surface area contributed by atoms with Gasteiger partial charge in [0, 0.05) is 19.7 Å². The Balaban J connectivity index is 1.99. The summed E-state index contributed by atoms with van der Waals surface area (Å²) < 4.78 is 24.1. The highest BCUT2D eigenvalue weighted by Gasteiger charge is 2.20. The topological polar surface area (TPSA) is 38.8 Å². The number of benzene rings is 1. The van der Waals surface area contributed by atoms with Crippen LogP contribution in [0, 0.1) is 5.82 Å². The minimum Gasteiger partial charge on any atom is -0.465 e. The Morgan fingerprint density at radius 3 is 2.95 bits per heavy atom. The number of likely N-dealkylation sites (tertiary alicyclic amines) is 1. The van der Waals surface area contributed by atoms with Crippen LogP contribution in [0.5, 0.6) is 0 Å².